The van der Waals surface area contributed by atoms with Crippen molar-refractivity contribution in [3.8, 4) is 0 Å². The average molecular weight is 319 g/mol. The van der Waals surface area contributed by atoms with E-state index in [9.17, 15) is 13.2 Å². The van der Waals surface area contributed by atoms with Crippen LogP contribution in [0, 0.1) is 0 Å². The Kier molecular flexibility index (Phi) is 3.84. The largest absolute Gasteiger partial charge is 0.341 e. The molecule has 0 spiro atoms. The molecule has 22 heavy (non-hydrogen) atoms. The normalized spacial score (nSPS) is 19.0. The van der Waals surface area contributed by atoms with Crippen molar-refractivity contribution in [1.82, 2.24) is 9.88 Å². The maximum atomic E-state index is 11.9. The molecule has 1 aliphatic rings. The van der Waals surface area contributed by atoms with E-state index < -0.39 is 15.3 Å². The van der Waals surface area contributed by atoms with Crippen molar-refractivity contribution < 1.29 is 13.2 Å². The van der Waals surface area contributed by atoms with Crippen molar-refractivity contribution in [3.63, 3.8) is 0 Å². The Balaban J connectivity index is 1.68. The number of aromatic nitrogens is 1. The van der Waals surface area contributed by atoms with Crippen molar-refractivity contribution >= 4 is 26.8 Å². The van der Waals surface area contributed by atoms with Gasteiger partial charge in [0.2, 0.25) is 15.9 Å². The van der Waals surface area contributed by atoms with Crippen LogP contribution in [0.5, 0.6) is 0 Å². The van der Waals surface area contributed by atoms with Crippen molar-refractivity contribution in [2.75, 3.05) is 13.1 Å². The molecule has 0 aliphatic carbocycles. The number of rotatable bonds is 4. The molecule has 1 unspecified atom stereocenters. The van der Waals surface area contributed by atoms with E-state index in [1.807, 2.05) is 30.3 Å². The maximum Gasteiger partial charge on any atom is 0.224 e. The highest BCUT2D eigenvalue weighted by molar-refractivity contribution is 7.89. The minimum absolute atomic E-state index is 0.0158. The van der Waals surface area contributed by atoms with Gasteiger partial charge >= 0.3 is 0 Å². The predicted octanol–water partition coefficient (Wildman–Crippen LogP) is 0.667. The van der Waals surface area contributed by atoms with E-state index in [0.29, 0.717) is 13.0 Å². The standard InChI is InChI=1S/C15H17N3O3S/c16-22(20,21)13-9-15(19)18(10-13)7-5-11-3-4-12-2-1-6-17-14(12)8-11/h1-4,6,8,13H,5,7,9-10H2,(H2,16,20,21). The Hall–Kier alpha value is -1.99. The number of amides is 1. The Morgan fingerprint density at radius 2 is 2.14 bits per heavy atom. The lowest BCUT2D eigenvalue weighted by Gasteiger charge is -2.16. The van der Waals surface area contributed by atoms with Crippen LogP contribution in [0.25, 0.3) is 10.9 Å². The van der Waals surface area contributed by atoms with Gasteiger partial charge in [-0.3, -0.25) is 9.78 Å². The minimum atomic E-state index is -3.65. The molecule has 6 nitrogen and oxygen atoms in total. The van der Waals surface area contributed by atoms with Gasteiger partial charge in [-0.25, -0.2) is 13.6 Å². The van der Waals surface area contributed by atoms with Crippen LogP contribution in [-0.4, -0.2) is 42.5 Å². The lowest BCUT2D eigenvalue weighted by atomic mass is 10.1. The molecule has 3 rings (SSSR count). The number of hydrogen-bond acceptors (Lipinski definition) is 4. The predicted molar refractivity (Wildman–Crippen MR) is 83.5 cm³/mol. The van der Waals surface area contributed by atoms with Crippen LogP contribution < -0.4 is 5.14 Å². The molecule has 1 saturated heterocycles. The molecule has 1 atom stereocenters. The number of carbonyl (C=O) groups excluding carboxylic acids is 1. The topological polar surface area (TPSA) is 93.4 Å². The first-order valence-corrected chi connectivity index (χ1v) is 8.67. The molecule has 1 aliphatic heterocycles. The highest BCUT2D eigenvalue weighted by Gasteiger charge is 2.35. The SMILES string of the molecule is NS(=O)(=O)C1CC(=O)N(CCc2ccc3cccnc3c2)C1. The van der Waals surface area contributed by atoms with Crippen molar-refractivity contribution in [1.29, 1.82) is 0 Å². The summed E-state index contributed by atoms with van der Waals surface area (Å²) in [4.78, 5) is 17.7. The lowest BCUT2D eigenvalue weighted by molar-refractivity contribution is -0.127. The third-order valence-corrected chi connectivity index (χ3v) is 5.23. The van der Waals surface area contributed by atoms with Gasteiger partial charge in [0.05, 0.1) is 5.52 Å². The monoisotopic (exact) mass is 319 g/mol. The summed E-state index contributed by atoms with van der Waals surface area (Å²) in [6.07, 6.45) is 2.39. The maximum absolute atomic E-state index is 11.9. The van der Waals surface area contributed by atoms with E-state index in [0.717, 1.165) is 16.5 Å². The number of carbonyl (C=O) groups is 1. The molecular formula is C15H17N3O3S. The molecule has 2 aromatic rings. The molecule has 7 heteroatoms. The number of likely N-dealkylation sites (tertiary alicyclic amines) is 1. The lowest BCUT2D eigenvalue weighted by Crippen LogP contribution is -2.33. The quantitative estimate of drug-likeness (QED) is 0.896. The summed E-state index contributed by atoms with van der Waals surface area (Å²) < 4.78 is 22.7. The number of nitrogens with two attached hydrogens (primary N) is 1. The van der Waals surface area contributed by atoms with Crippen molar-refractivity contribution in [2.24, 2.45) is 5.14 Å². The summed E-state index contributed by atoms with van der Waals surface area (Å²) in [6.45, 7) is 0.673. The van der Waals surface area contributed by atoms with Gasteiger partial charge in [-0.1, -0.05) is 18.2 Å². The van der Waals surface area contributed by atoms with E-state index in [2.05, 4.69) is 4.98 Å². The van der Waals surface area contributed by atoms with Crippen LogP contribution >= 0.6 is 0 Å². The summed E-state index contributed by atoms with van der Waals surface area (Å²) in [7, 11) is -3.65. The van der Waals surface area contributed by atoms with E-state index in [1.54, 1.807) is 11.1 Å². The average Bonchev–Trinajstić information content (AvgIpc) is 2.86. The summed E-state index contributed by atoms with van der Waals surface area (Å²) in [5, 5.41) is 5.41. The van der Waals surface area contributed by atoms with Crippen LogP contribution in [-0.2, 0) is 21.2 Å². The number of hydrogen-bond donors (Lipinski definition) is 1. The number of nitrogens with zero attached hydrogens (tertiary/aromatic N) is 2. The second-order valence-electron chi connectivity index (χ2n) is 5.54. The molecule has 0 radical (unpaired) electrons. The Labute approximate surface area is 129 Å². The van der Waals surface area contributed by atoms with Crippen LogP contribution in [0.4, 0.5) is 0 Å². The fourth-order valence-corrected chi connectivity index (χ4v) is 3.47. The molecule has 1 amide bonds. The number of pyridine rings is 1. The highest BCUT2D eigenvalue weighted by atomic mass is 32.2. The van der Waals surface area contributed by atoms with Crippen LogP contribution in [0.3, 0.4) is 0 Å². The molecule has 116 valence electrons. The van der Waals surface area contributed by atoms with Crippen LogP contribution in [0.1, 0.15) is 12.0 Å². The molecule has 2 heterocycles. The molecule has 2 N–H and O–H groups in total. The van der Waals surface area contributed by atoms with Gasteiger partial charge in [0.15, 0.2) is 0 Å². The molecule has 0 bridgehead atoms. The van der Waals surface area contributed by atoms with Gasteiger partial charge < -0.3 is 4.90 Å². The van der Waals surface area contributed by atoms with Gasteiger partial charge in [-0.15, -0.1) is 0 Å². The van der Waals surface area contributed by atoms with Crippen LogP contribution in [0.2, 0.25) is 0 Å². The summed E-state index contributed by atoms with van der Waals surface area (Å²) >= 11 is 0. The third kappa shape index (κ3) is 3.10. The Morgan fingerprint density at radius 3 is 2.86 bits per heavy atom. The fraction of sp³-hybridized carbons (Fsp3) is 0.333. The van der Waals surface area contributed by atoms with Gasteiger partial charge in [0.1, 0.15) is 5.25 Å². The zero-order valence-electron chi connectivity index (χ0n) is 12.0. The Morgan fingerprint density at radius 1 is 1.32 bits per heavy atom. The zero-order chi connectivity index (χ0) is 15.7. The fourth-order valence-electron chi connectivity index (χ4n) is 2.70. The first-order valence-electron chi connectivity index (χ1n) is 7.06. The summed E-state index contributed by atoms with van der Waals surface area (Å²) in [5.41, 5.74) is 1.98. The highest BCUT2D eigenvalue weighted by Crippen LogP contribution is 2.18. The van der Waals surface area contributed by atoms with Crippen LogP contribution in [0.15, 0.2) is 36.5 Å². The van der Waals surface area contributed by atoms with Gasteiger partial charge in [-0.2, -0.15) is 0 Å². The summed E-state index contributed by atoms with van der Waals surface area (Å²) in [5.74, 6) is -0.155. The number of primary sulfonamides is 1. The van der Waals surface area contributed by atoms with E-state index in [4.69, 9.17) is 5.14 Å². The molecule has 0 saturated carbocycles. The van der Waals surface area contributed by atoms with Crippen molar-refractivity contribution in [3.05, 3.63) is 42.1 Å². The number of sulfonamides is 1. The first kappa shape index (κ1) is 14.9. The van der Waals surface area contributed by atoms with Gasteiger partial charge in [0, 0.05) is 31.1 Å². The van der Waals surface area contributed by atoms with Crippen molar-refractivity contribution in [2.45, 2.75) is 18.1 Å². The van der Waals surface area contributed by atoms with Gasteiger partial charge in [0.25, 0.3) is 0 Å². The second-order valence-corrected chi connectivity index (χ2v) is 7.38. The molecule has 1 fully saturated rings. The van der Waals surface area contributed by atoms with E-state index in [-0.39, 0.29) is 18.9 Å². The number of benzene rings is 1. The second kappa shape index (κ2) is 5.66. The number of fused-ring (bicyclic) bond motifs is 1. The smallest absolute Gasteiger partial charge is 0.224 e. The van der Waals surface area contributed by atoms with E-state index >= 15 is 0 Å². The molecule has 1 aromatic carbocycles. The third-order valence-electron chi connectivity index (χ3n) is 3.98. The van der Waals surface area contributed by atoms with E-state index in [1.165, 1.54) is 0 Å². The zero-order valence-corrected chi connectivity index (χ0v) is 12.8. The first-order chi connectivity index (χ1) is 10.4. The van der Waals surface area contributed by atoms with Gasteiger partial charge in [-0.05, 0) is 24.1 Å². The Bertz CT molecular complexity index is 820. The molecule has 1 aromatic heterocycles. The summed E-state index contributed by atoms with van der Waals surface area (Å²) in [6, 6.07) is 9.87. The minimum Gasteiger partial charge on any atom is -0.341 e. The molecular weight excluding hydrogens is 302 g/mol.